The SMILES string of the molecule is CCOc1ccccc1C(=O)Nc1cc(OC)c(Cl)cc1OC. The van der Waals surface area contributed by atoms with Crippen molar-refractivity contribution in [2.45, 2.75) is 6.92 Å². The lowest BCUT2D eigenvalue weighted by Gasteiger charge is -2.14. The zero-order chi connectivity index (χ0) is 16.8. The first-order valence-corrected chi connectivity index (χ1v) is 7.43. The Bertz CT molecular complexity index is 703. The second-order valence-electron chi connectivity index (χ2n) is 4.57. The summed E-state index contributed by atoms with van der Waals surface area (Å²) in [5.41, 5.74) is 0.898. The minimum atomic E-state index is -0.309. The van der Waals surface area contributed by atoms with Crippen LogP contribution in [-0.4, -0.2) is 26.7 Å². The van der Waals surface area contributed by atoms with Crippen molar-refractivity contribution in [3.63, 3.8) is 0 Å². The molecule has 0 fully saturated rings. The summed E-state index contributed by atoms with van der Waals surface area (Å²) >= 11 is 6.06. The van der Waals surface area contributed by atoms with E-state index in [1.165, 1.54) is 14.2 Å². The average Bonchev–Trinajstić information content (AvgIpc) is 2.56. The summed E-state index contributed by atoms with van der Waals surface area (Å²) in [7, 11) is 3.01. The molecule has 0 aromatic heterocycles. The monoisotopic (exact) mass is 335 g/mol. The third-order valence-corrected chi connectivity index (χ3v) is 3.45. The van der Waals surface area contributed by atoms with Gasteiger partial charge in [-0.05, 0) is 19.1 Å². The number of hydrogen-bond donors (Lipinski definition) is 1. The Morgan fingerprint density at radius 2 is 1.78 bits per heavy atom. The van der Waals surface area contributed by atoms with Gasteiger partial charge in [0.15, 0.2) is 0 Å². The maximum atomic E-state index is 12.5. The summed E-state index contributed by atoms with van der Waals surface area (Å²) in [5, 5.41) is 3.20. The highest BCUT2D eigenvalue weighted by Crippen LogP contribution is 2.36. The summed E-state index contributed by atoms with van der Waals surface area (Å²) in [6.07, 6.45) is 0. The molecule has 0 spiro atoms. The quantitative estimate of drug-likeness (QED) is 0.866. The van der Waals surface area contributed by atoms with Crippen LogP contribution in [0.1, 0.15) is 17.3 Å². The van der Waals surface area contributed by atoms with Crippen LogP contribution in [0.5, 0.6) is 17.2 Å². The molecule has 5 nitrogen and oxygen atoms in total. The van der Waals surface area contributed by atoms with Gasteiger partial charge in [-0.25, -0.2) is 0 Å². The number of ether oxygens (including phenoxy) is 3. The number of carbonyl (C=O) groups excluding carboxylic acids is 1. The number of amides is 1. The lowest BCUT2D eigenvalue weighted by Crippen LogP contribution is -2.14. The molecule has 0 aliphatic rings. The molecule has 6 heteroatoms. The Morgan fingerprint density at radius 3 is 2.43 bits per heavy atom. The normalized spacial score (nSPS) is 10.1. The summed E-state index contributed by atoms with van der Waals surface area (Å²) in [4.78, 5) is 12.5. The Hall–Kier alpha value is -2.40. The second kappa shape index (κ2) is 7.74. The van der Waals surface area contributed by atoms with Crippen molar-refractivity contribution in [1.82, 2.24) is 0 Å². The highest BCUT2D eigenvalue weighted by Gasteiger charge is 2.16. The van der Waals surface area contributed by atoms with E-state index in [2.05, 4.69) is 5.32 Å². The lowest BCUT2D eigenvalue weighted by atomic mass is 10.1. The molecule has 0 radical (unpaired) electrons. The Labute approximate surface area is 140 Å². The van der Waals surface area contributed by atoms with E-state index < -0.39 is 0 Å². The number of hydrogen-bond acceptors (Lipinski definition) is 4. The van der Waals surface area contributed by atoms with Gasteiger partial charge in [-0.2, -0.15) is 0 Å². The molecule has 0 unspecified atom stereocenters. The molecule has 1 amide bonds. The smallest absolute Gasteiger partial charge is 0.259 e. The molecule has 0 saturated heterocycles. The van der Waals surface area contributed by atoms with Crippen LogP contribution < -0.4 is 19.5 Å². The minimum Gasteiger partial charge on any atom is -0.495 e. The predicted molar refractivity (Wildman–Crippen MR) is 90.1 cm³/mol. The van der Waals surface area contributed by atoms with Gasteiger partial charge >= 0.3 is 0 Å². The van der Waals surface area contributed by atoms with Crippen LogP contribution >= 0.6 is 11.6 Å². The third kappa shape index (κ3) is 3.87. The van der Waals surface area contributed by atoms with E-state index in [1.807, 2.05) is 13.0 Å². The maximum absolute atomic E-state index is 12.5. The van der Waals surface area contributed by atoms with E-state index in [-0.39, 0.29) is 5.91 Å². The fraction of sp³-hybridized carbons (Fsp3) is 0.235. The van der Waals surface area contributed by atoms with Gasteiger partial charge < -0.3 is 19.5 Å². The summed E-state index contributed by atoms with van der Waals surface area (Å²) in [5.74, 6) is 1.10. The van der Waals surface area contributed by atoms with E-state index in [9.17, 15) is 4.79 Å². The van der Waals surface area contributed by atoms with E-state index in [0.717, 1.165) is 0 Å². The largest absolute Gasteiger partial charge is 0.495 e. The zero-order valence-corrected chi connectivity index (χ0v) is 13.9. The fourth-order valence-electron chi connectivity index (χ4n) is 2.08. The number of nitrogens with one attached hydrogen (secondary N) is 1. The van der Waals surface area contributed by atoms with Gasteiger partial charge in [-0.15, -0.1) is 0 Å². The molecule has 2 aromatic carbocycles. The molecule has 2 rings (SSSR count). The van der Waals surface area contributed by atoms with Crippen LogP contribution in [0.4, 0.5) is 5.69 Å². The van der Waals surface area contributed by atoms with Gasteiger partial charge in [-0.3, -0.25) is 4.79 Å². The zero-order valence-electron chi connectivity index (χ0n) is 13.2. The van der Waals surface area contributed by atoms with E-state index in [1.54, 1.807) is 30.3 Å². The van der Waals surface area contributed by atoms with Gasteiger partial charge in [0.05, 0.1) is 37.1 Å². The van der Waals surface area contributed by atoms with Gasteiger partial charge in [0.1, 0.15) is 17.2 Å². The first-order valence-electron chi connectivity index (χ1n) is 7.05. The summed E-state index contributed by atoms with van der Waals surface area (Å²) < 4.78 is 15.9. The van der Waals surface area contributed by atoms with Crippen LogP contribution in [0, 0.1) is 0 Å². The first kappa shape index (κ1) is 17.0. The van der Waals surface area contributed by atoms with E-state index >= 15 is 0 Å². The van der Waals surface area contributed by atoms with Crippen molar-refractivity contribution in [3.05, 3.63) is 47.0 Å². The third-order valence-electron chi connectivity index (χ3n) is 3.15. The molecule has 0 aliphatic carbocycles. The molecule has 23 heavy (non-hydrogen) atoms. The molecule has 122 valence electrons. The molecular formula is C17H18ClNO4. The van der Waals surface area contributed by atoms with Gasteiger partial charge in [0.25, 0.3) is 5.91 Å². The van der Waals surface area contributed by atoms with E-state index in [4.69, 9.17) is 25.8 Å². The molecule has 0 bridgehead atoms. The topological polar surface area (TPSA) is 56.8 Å². The van der Waals surface area contributed by atoms with E-state index in [0.29, 0.717) is 40.1 Å². The Balaban J connectivity index is 2.33. The Morgan fingerprint density at radius 1 is 1.09 bits per heavy atom. The number of anilines is 1. The molecule has 2 aromatic rings. The molecule has 0 saturated carbocycles. The van der Waals surface area contributed by atoms with Crippen molar-refractivity contribution < 1.29 is 19.0 Å². The molecule has 1 N–H and O–H groups in total. The van der Waals surface area contributed by atoms with Gasteiger partial charge in [0.2, 0.25) is 0 Å². The number of methoxy groups -OCH3 is 2. The van der Waals surface area contributed by atoms with Crippen LogP contribution in [0.25, 0.3) is 0 Å². The van der Waals surface area contributed by atoms with Crippen molar-refractivity contribution in [2.24, 2.45) is 0 Å². The summed E-state index contributed by atoms with van der Waals surface area (Å²) in [6, 6.07) is 10.2. The van der Waals surface area contributed by atoms with Crippen LogP contribution in [0.3, 0.4) is 0 Å². The number of para-hydroxylation sites is 1. The standard InChI is InChI=1S/C17H18ClNO4/c1-4-23-14-8-6-5-7-11(14)17(20)19-13-10-15(21-2)12(18)9-16(13)22-3/h5-10H,4H2,1-3H3,(H,19,20). The van der Waals surface area contributed by atoms with Crippen molar-refractivity contribution in [3.8, 4) is 17.2 Å². The van der Waals surface area contributed by atoms with Crippen LogP contribution in [0.15, 0.2) is 36.4 Å². The molecule has 0 aliphatic heterocycles. The highest BCUT2D eigenvalue weighted by atomic mass is 35.5. The van der Waals surface area contributed by atoms with Crippen molar-refractivity contribution >= 4 is 23.2 Å². The second-order valence-corrected chi connectivity index (χ2v) is 4.98. The van der Waals surface area contributed by atoms with Gasteiger partial charge in [0, 0.05) is 12.1 Å². The summed E-state index contributed by atoms with van der Waals surface area (Å²) in [6.45, 7) is 2.34. The average molecular weight is 336 g/mol. The fourth-order valence-corrected chi connectivity index (χ4v) is 2.31. The molecular weight excluding hydrogens is 318 g/mol. The van der Waals surface area contributed by atoms with Crippen LogP contribution in [0.2, 0.25) is 5.02 Å². The van der Waals surface area contributed by atoms with Gasteiger partial charge in [-0.1, -0.05) is 23.7 Å². The number of benzene rings is 2. The highest BCUT2D eigenvalue weighted by molar-refractivity contribution is 6.32. The Kier molecular flexibility index (Phi) is 5.71. The number of rotatable bonds is 6. The van der Waals surface area contributed by atoms with Crippen molar-refractivity contribution in [1.29, 1.82) is 0 Å². The first-order chi connectivity index (χ1) is 11.1. The van der Waals surface area contributed by atoms with Crippen molar-refractivity contribution in [2.75, 3.05) is 26.1 Å². The molecule has 0 atom stereocenters. The minimum absolute atomic E-state index is 0.309. The number of halogens is 1. The number of carbonyl (C=O) groups is 1. The maximum Gasteiger partial charge on any atom is 0.259 e. The lowest BCUT2D eigenvalue weighted by molar-refractivity contribution is 0.102. The van der Waals surface area contributed by atoms with Crippen LogP contribution in [-0.2, 0) is 0 Å². The molecule has 0 heterocycles. The predicted octanol–water partition coefficient (Wildman–Crippen LogP) is 4.01.